The minimum Gasteiger partial charge on any atom is -0.480 e. The van der Waals surface area contributed by atoms with Gasteiger partial charge in [-0.05, 0) is 48.0 Å². The second-order valence-electron chi connectivity index (χ2n) is 9.02. The zero-order valence-corrected chi connectivity index (χ0v) is 24.5. The predicted molar refractivity (Wildman–Crippen MR) is 159 cm³/mol. The number of aromatic nitrogens is 4. The number of methoxy groups -OCH3 is 1. The molecule has 2 aromatic carbocycles. The first kappa shape index (κ1) is 29.0. The van der Waals surface area contributed by atoms with Crippen molar-refractivity contribution in [2.45, 2.75) is 10.8 Å². The minimum absolute atomic E-state index is 0.0128. The van der Waals surface area contributed by atoms with Crippen LogP contribution in [0.15, 0.2) is 84.0 Å². The molecule has 0 atom stereocenters. The number of alkyl halides is 1. The second kappa shape index (κ2) is 11.4. The number of anilines is 2. The molecule has 0 radical (unpaired) electrons. The summed E-state index contributed by atoms with van der Waals surface area (Å²) >= 11 is 5.88. The van der Waals surface area contributed by atoms with Gasteiger partial charge in [-0.15, -0.1) is 11.6 Å². The Bertz CT molecular complexity index is 2030. The van der Waals surface area contributed by atoms with Gasteiger partial charge in [0.05, 0.1) is 47.2 Å². The van der Waals surface area contributed by atoms with Crippen LogP contribution in [0.2, 0.25) is 0 Å². The van der Waals surface area contributed by atoms with E-state index in [-0.39, 0.29) is 39.2 Å². The molecule has 0 aliphatic carbocycles. The molecule has 2 N–H and O–H groups in total. The molecule has 5 rings (SSSR count). The van der Waals surface area contributed by atoms with Crippen molar-refractivity contribution >= 4 is 59.8 Å². The second-order valence-corrected chi connectivity index (χ2v) is 12.8. The largest absolute Gasteiger partial charge is 0.480 e. The van der Waals surface area contributed by atoms with Crippen LogP contribution in [0, 0.1) is 0 Å². The molecule has 0 aliphatic heterocycles. The molecule has 1 amide bonds. The van der Waals surface area contributed by atoms with Crippen LogP contribution in [0.3, 0.4) is 0 Å². The van der Waals surface area contributed by atoms with E-state index in [0.29, 0.717) is 22.2 Å². The molecule has 0 saturated heterocycles. The maximum absolute atomic E-state index is 13.6. The molecular weight excluding hydrogens is 604 g/mol. The fourth-order valence-electron chi connectivity index (χ4n) is 4.17. The SMILES string of the molecule is COc1ncc(-c2cc(NC(=O)c3cccc(CCl)n3)c3cnn(S(=O)(=O)c4ccccc4)c3c2)cc1NS(C)(=O)=O. The van der Waals surface area contributed by atoms with Gasteiger partial charge in [0.25, 0.3) is 15.9 Å². The van der Waals surface area contributed by atoms with E-state index in [4.69, 9.17) is 16.3 Å². The first-order chi connectivity index (χ1) is 20.0. The average molecular weight is 627 g/mol. The Labute approximate surface area is 246 Å². The Balaban J connectivity index is 1.70. The van der Waals surface area contributed by atoms with Gasteiger partial charge in [-0.1, -0.05) is 24.3 Å². The Hall–Kier alpha value is -4.53. The molecule has 0 fully saturated rings. The summed E-state index contributed by atoms with van der Waals surface area (Å²) < 4.78 is 59.5. The first-order valence-corrected chi connectivity index (χ1v) is 16.0. The van der Waals surface area contributed by atoms with Gasteiger partial charge in [0, 0.05) is 17.1 Å². The number of fused-ring (bicyclic) bond motifs is 1. The number of pyridine rings is 2. The Morgan fingerprint density at radius 2 is 1.69 bits per heavy atom. The Morgan fingerprint density at radius 3 is 2.38 bits per heavy atom. The summed E-state index contributed by atoms with van der Waals surface area (Å²) in [5.41, 5.74) is 1.84. The number of amides is 1. The van der Waals surface area contributed by atoms with Gasteiger partial charge in [0.1, 0.15) is 11.4 Å². The van der Waals surface area contributed by atoms with Gasteiger partial charge in [-0.25, -0.2) is 18.4 Å². The van der Waals surface area contributed by atoms with Crippen molar-refractivity contribution in [3.8, 4) is 17.0 Å². The molecule has 12 nitrogen and oxygen atoms in total. The highest BCUT2D eigenvalue weighted by Gasteiger charge is 2.23. The van der Waals surface area contributed by atoms with Crippen LogP contribution in [0.25, 0.3) is 22.0 Å². The van der Waals surface area contributed by atoms with Crippen molar-refractivity contribution in [1.82, 2.24) is 19.2 Å². The summed E-state index contributed by atoms with van der Waals surface area (Å²) in [6.45, 7) is 0. The third-order valence-corrected chi connectivity index (χ3v) is 8.50. The third kappa shape index (κ3) is 5.91. The lowest BCUT2D eigenvalue weighted by atomic mass is 10.0. The molecule has 3 aromatic heterocycles. The number of hydrogen-bond donors (Lipinski definition) is 2. The van der Waals surface area contributed by atoms with Crippen LogP contribution in [-0.2, 0) is 25.9 Å². The van der Waals surface area contributed by atoms with E-state index in [1.54, 1.807) is 42.5 Å². The number of ether oxygens (including phenoxy) is 1. The highest BCUT2D eigenvalue weighted by molar-refractivity contribution is 7.92. The summed E-state index contributed by atoms with van der Waals surface area (Å²) in [4.78, 5) is 21.7. The summed E-state index contributed by atoms with van der Waals surface area (Å²) in [6.07, 6.45) is 3.75. The number of benzene rings is 2. The quantitative estimate of drug-likeness (QED) is 0.229. The summed E-state index contributed by atoms with van der Waals surface area (Å²) in [6, 6.07) is 17.3. The molecule has 0 unspecified atom stereocenters. The van der Waals surface area contributed by atoms with Crippen molar-refractivity contribution in [1.29, 1.82) is 0 Å². The minimum atomic E-state index is -4.13. The fourth-order valence-corrected chi connectivity index (χ4v) is 6.15. The van der Waals surface area contributed by atoms with Crippen molar-refractivity contribution in [2.24, 2.45) is 0 Å². The van der Waals surface area contributed by atoms with Crippen LogP contribution in [-0.4, -0.2) is 55.3 Å². The monoisotopic (exact) mass is 626 g/mol. The Morgan fingerprint density at radius 1 is 0.952 bits per heavy atom. The summed E-state index contributed by atoms with van der Waals surface area (Å²) in [5.74, 6) is -0.425. The van der Waals surface area contributed by atoms with Crippen LogP contribution in [0.5, 0.6) is 5.88 Å². The number of nitrogens with zero attached hydrogens (tertiary/aromatic N) is 4. The molecule has 0 bridgehead atoms. The number of carbonyl (C=O) groups is 1. The smallest absolute Gasteiger partial charge is 0.283 e. The third-order valence-electron chi connectivity index (χ3n) is 6.02. The van der Waals surface area contributed by atoms with Gasteiger partial charge in [0.2, 0.25) is 15.9 Å². The zero-order chi connectivity index (χ0) is 30.1. The number of hydrogen-bond acceptors (Lipinski definition) is 9. The topological polar surface area (TPSA) is 162 Å². The van der Waals surface area contributed by atoms with E-state index in [2.05, 4.69) is 25.1 Å². The van der Waals surface area contributed by atoms with Gasteiger partial charge in [-0.3, -0.25) is 9.52 Å². The van der Waals surface area contributed by atoms with Crippen molar-refractivity contribution in [2.75, 3.05) is 23.4 Å². The predicted octanol–water partition coefficient (Wildman–Crippen LogP) is 4.10. The summed E-state index contributed by atoms with van der Waals surface area (Å²) in [5, 5.41) is 7.28. The first-order valence-electron chi connectivity index (χ1n) is 12.2. The van der Waals surface area contributed by atoms with E-state index >= 15 is 0 Å². The van der Waals surface area contributed by atoms with Crippen LogP contribution < -0.4 is 14.8 Å². The van der Waals surface area contributed by atoms with Crippen LogP contribution >= 0.6 is 11.6 Å². The van der Waals surface area contributed by atoms with E-state index in [1.165, 1.54) is 43.8 Å². The maximum atomic E-state index is 13.6. The van der Waals surface area contributed by atoms with E-state index in [0.717, 1.165) is 10.3 Å². The number of sulfonamides is 1. The molecular formula is C27H23ClN6O6S2. The molecule has 3 heterocycles. The lowest BCUT2D eigenvalue weighted by molar-refractivity contribution is 0.102. The van der Waals surface area contributed by atoms with Crippen LogP contribution in [0.1, 0.15) is 16.2 Å². The van der Waals surface area contributed by atoms with Crippen molar-refractivity contribution in [3.05, 3.63) is 90.5 Å². The van der Waals surface area contributed by atoms with Gasteiger partial charge < -0.3 is 10.1 Å². The van der Waals surface area contributed by atoms with Gasteiger partial charge in [0.15, 0.2) is 0 Å². The number of nitrogens with one attached hydrogen (secondary N) is 2. The maximum Gasteiger partial charge on any atom is 0.283 e. The van der Waals surface area contributed by atoms with Crippen molar-refractivity contribution < 1.29 is 26.4 Å². The van der Waals surface area contributed by atoms with Gasteiger partial charge in [-0.2, -0.15) is 17.6 Å². The van der Waals surface area contributed by atoms with E-state index < -0.39 is 26.0 Å². The zero-order valence-electron chi connectivity index (χ0n) is 22.1. The molecule has 0 spiro atoms. The Kier molecular flexibility index (Phi) is 7.86. The molecule has 5 aromatic rings. The van der Waals surface area contributed by atoms with E-state index in [9.17, 15) is 21.6 Å². The fraction of sp³-hybridized carbons (Fsp3) is 0.111. The number of rotatable bonds is 9. The lowest BCUT2D eigenvalue weighted by Gasteiger charge is -2.13. The highest BCUT2D eigenvalue weighted by atomic mass is 35.5. The normalized spacial score (nSPS) is 11.8. The summed E-state index contributed by atoms with van der Waals surface area (Å²) in [7, 11) is -6.48. The number of carbonyl (C=O) groups excluding carboxylic acids is 1. The highest BCUT2D eigenvalue weighted by Crippen LogP contribution is 2.35. The molecule has 15 heteroatoms. The van der Waals surface area contributed by atoms with Crippen LogP contribution in [0.4, 0.5) is 11.4 Å². The van der Waals surface area contributed by atoms with E-state index in [1.807, 2.05) is 0 Å². The lowest BCUT2D eigenvalue weighted by Crippen LogP contribution is -2.15. The molecule has 0 saturated carbocycles. The average Bonchev–Trinajstić information content (AvgIpc) is 3.42. The standard InChI is InChI=1S/C27H23ClN6O6S2/c1-40-27-24(33-41(2,36)37)12-18(15-29-27)17-11-23(32-26(35)22-10-6-7-19(14-28)31-22)21-16-30-34(25(21)13-17)42(38,39)20-8-4-3-5-9-20/h3-13,15-16,33H,14H2,1-2H3,(H,32,35). The molecule has 216 valence electrons. The van der Waals surface area contributed by atoms with Crippen molar-refractivity contribution in [3.63, 3.8) is 0 Å². The molecule has 42 heavy (non-hydrogen) atoms. The molecule has 0 aliphatic rings. The number of halogens is 1. The van der Waals surface area contributed by atoms with Gasteiger partial charge >= 0.3 is 0 Å².